The van der Waals surface area contributed by atoms with Crippen molar-refractivity contribution in [2.45, 2.75) is 20.3 Å². The predicted octanol–water partition coefficient (Wildman–Crippen LogP) is 0.470. The van der Waals surface area contributed by atoms with Gasteiger partial charge in [0.1, 0.15) is 22.8 Å². The van der Waals surface area contributed by atoms with Gasteiger partial charge in [0.2, 0.25) is 23.7 Å². The molecule has 0 aromatic heterocycles. The molecule has 1 aromatic rings. The second-order valence-electron chi connectivity index (χ2n) is 9.56. The molecule has 1 aromatic carbocycles. The molecule has 0 amide bonds. The zero-order valence-corrected chi connectivity index (χ0v) is 22.1. The normalized spacial score (nSPS) is 17.2. The van der Waals surface area contributed by atoms with Crippen LogP contribution >= 0.6 is 0 Å². The van der Waals surface area contributed by atoms with Crippen molar-refractivity contribution in [3.8, 4) is 0 Å². The minimum atomic E-state index is -0.667. The van der Waals surface area contributed by atoms with Crippen LogP contribution in [0.2, 0.25) is 0 Å². The van der Waals surface area contributed by atoms with Crippen molar-refractivity contribution in [3.63, 3.8) is 0 Å². The van der Waals surface area contributed by atoms with Crippen LogP contribution in [0.15, 0.2) is 51.4 Å². The van der Waals surface area contributed by atoms with Crippen LogP contribution in [0.4, 0.5) is 11.4 Å². The zero-order valence-electron chi connectivity index (χ0n) is 22.1. The van der Waals surface area contributed by atoms with Crippen LogP contribution in [0.3, 0.4) is 0 Å². The van der Waals surface area contributed by atoms with Crippen molar-refractivity contribution in [1.82, 2.24) is 14.7 Å². The molecule has 0 radical (unpaired) electrons. The Balaban J connectivity index is 0.000000172. The summed E-state index contributed by atoms with van der Waals surface area (Å²) in [6.07, 6.45) is 4.92. The fraction of sp³-hybridized carbons (Fsp3) is 0.481. The number of rotatable bonds is 9. The second kappa shape index (κ2) is 13.2. The molecule has 0 spiro atoms. The Bertz CT molecular complexity index is 1230. The summed E-state index contributed by atoms with van der Waals surface area (Å²) < 4.78 is 0. The number of carbonyl (C=O) groups excluding carboxylic acids is 4. The number of isocyanates is 2. The van der Waals surface area contributed by atoms with Crippen LogP contribution in [0.1, 0.15) is 18.9 Å². The molecule has 3 saturated heterocycles. The summed E-state index contributed by atoms with van der Waals surface area (Å²) in [5, 5.41) is 26.0. The van der Waals surface area contributed by atoms with Gasteiger partial charge in [0.05, 0.1) is 25.5 Å². The molecule has 208 valence electrons. The highest BCUT2D eigenvalue weighted by atomic mass is 16.3. The quantitative estimate of drug-likeness (QED) is 0.174. The molecule has 3 aliphatic heterocycles. The summed E-state index contributed by atoms with van der Waals surface area (Å²) in [5.74, 6) is 0.0485. The summed E-state index contributed by atoms with van der Waals surface area (Å²) in [6, 6.07) is 5.06. The predicted molar refractivity (Wildman–Crippen MR) is 141 cm³/mol. The fourth-order valence-electron chi connectivity index (χ4n) is 3.73. The van der Waals surface area contributed by atoms with Crippen LogP contribution in [0.25, 0.3) is 0 Å². The highest BCUT2D eigenvalue weighted by molar-refractivity contribution is 6.22. The van der Waals surface area contributed by atoms with E-state index in [2.05, 4.69) is 9.98 Å². The number of benzene rings is 1. The molecule has 3 N–H and O–H groups in total. The fourth-order valence-corrected chi connectivity index (χ4v) is 3.73. The third-order valence-electron chi connectivity index (χ3n) is 6.78. The number of nitrogens with zero attached hydrogens (tertiary/aromatic N) is 5. The molecule has 5 rings (SSSR count). The average Bonchev–Trinajstić information content (AvgIpc) is 3.79. The van der Waals surface area contributed by atoms with Crippen LogP contribution < -0.4 is 0 Å². The van der Waals surface area contributed by atoms with E-state index in [4.69, 9.17) is 15.3 Å². The van der Waals surface area contributed by atoms with E-state index in [0.29, 0.717) is 34.9 Å². The summed E-state index contributed by atoms with van der Waals surface area (Å²) >= 11 is 0. The molecule has 3 heterocycles. The Morgan fingerprint density at radius 2 is 1.38 bits per heavy atom. The van der Waals surface area contributed by atoms with Crippen molar-refractivity contribution in [2.24, 2.45) is 15.4 Å². The number of Topliss-reactive ketones (excluding diaryl/α,β-unsaturated/α-hetero) is 1. The van der Waals surface area contributed by atoms with E-state index in [9.17, 15) is 19.2 Å². The first kappa shape index (κ1) is 29.6. The molecular weight excluding hydrogens is 506 g/mol. The zero-order chi connectivity index (χ0) is 28.6. The minimum Gasteiger partial charge on any atom is -0.396 e. The summed E-state index contributed by atoms with van der Waals surface area (Å²) in [5.41, 5.74) is 2.68. The number of hydrogen-bond acceptors (Lipinski definition) is 12. The molecule has 0 saturated carbocycles. The van der Waals surface area contributed by atoms with Gasteiger partial charge in [-0.15, -0.1) is 0 Å². The van der Waals surface area contributed by atoms with E-state index in [-0.39, 0.29) is 31.4 Å². The van der Waals surface area contributed by atoms with Gasteiger partial charge in [-0.3, -0.25) is 9.59 Å². The van der Waals surface area contributed by atoms with Gasteiger partial charge < -0.3 is 30.0 Å². The summed E-state index contributed by atoms with van der Waals surface area (Å²) in [7, 11) is 0. The van der Waals surface area contributed by atoms with Gasteiger partial charge in [-0.2, -0.15) is 9.98 Å². The number of aliphatic hydroxyl groups excluding tert-OH is 3. The Hall–Kier alpha value is -3.92. The van der Waals surface area contributed by atoms with E-state index in [1.165, 1.54) is 18.2 Å². The largest absolute Gasteiger partial charge is 0.396 e. The number of allylic oxidation sites excluding steroid dienone is 1. The standard InChI is InChI=1S/C12H13N3O2.C9H6N2O2.C6H14O3/c16-9-7-8(13-1-2-13)12(17)11(15-5-6-15)10(9)14-3-4-14;1-7-3-2-4-8(10-5-12)9(7)11-6-13;1-2-6(3-7,4-8)5-9/h7H,1-6H2;2-4H,1H3;7-9H,2-5H2,1H3. The van der Waals surface area contributed by atoms with Gasteiger partial charge in [0, 0.05) is 50.8 Å². The molecule has 1 aliphatic carbocycles. The number of aryl methyl sites for hydroxylation is 1. The molecule has 4 aliphatic rings. The smallest absolute Gasteiger partial charge is 0.240 e. The van der Waals surface area contributed by atoms with E-state index in [1.807, 2.05) is 21.6 Å². The molecule has 0 bridgehead atoms. The lowest BCUT2D eigenvalue weighted by Crippen LogP contribution is -2.32. The SMILES string of the molecule is CCC(CO)(CO)CO.Cc1cccc(N=C=O)c1N=C=O.O=C1C=C(N2CC2)C(=O)C(N2CC2)=C1N1CC1. The first-order chi connectivity index (χ1) is 18.8. The van der Waals surface area contributed by atoms with Gasteiger partial charge >= 0.3 is 0 Å². The Morgan fingerprint density at radius 1 is 0.846 bits per heavy atom. The maximum absolute atomic E-state index is 12.4. The molecule has 0 atom stereocenters. The third-order valence-corrected chi connectivity index (χ3v) is 6.78. The first-order valence-electron chi connectivity index (χ1n) is 12.7. The number of ketones is 2. The molecule has 12 nitrogen and oxygen atoms in total. The topological polar surface area (TPSA) is 163 Å². The lowest BCUT2D eigenvalue weighted by molar-refractivity contribution is -0.117. The highest BCUT2D eigenvalue weighted by Gasteiger charge is 2.43. The molecular formula is C27H33N5O7. The van der Waals surface area contributed by atoms with Gasteiger partial charge in [-0.25, -0.2) is 9.59 Å². The van der Waals surface area contributed by atoms with Crippen molar-refractivity contribution < 1.29 is 34.5 Å². The third kappa shape index (κ3) is 7.35. The Kier molecular flexibility index (Phi) is 10.1. The van der Waals surface area contributed by atoms with Crippen molar-refractivity contribution in [2.75, 3.05) is 59.1 Å². The number of aliphatic hydroxyl groups is 3. The first-order valence-corrected chi connectivity index (χ1v) is 12.7. The van der Waals surface area contributed by atoms with Gasteiger partial charge in [-0.05, 0) is 25.0 Å². The van der Waals surface area contributed by atoms with Crippen molar-refractivity contribution in [3.05, 3.63) is 46.9 Å². The van der Waals surface area contributed by atoms with Gasteiger partial charge in [-0.1, -0.05) is 19.1 Å². The number of aliphatic imine (C=N–C) groups is 2. The summed E-state index contributed by atoms with van der Waals surface area (Å²) in [6.45, 7) is 8.52. The molecule has 39 heavy (non-hydrogen) atoms. The number of carbonyl (C=O) groups is 2. The van der Waals surface area contributed by atoms with Crippen molar-refractivity contribution >= 4 is 35.1 Å². The highest BCUT2D eigenvalue weighted by Crippen LogP contribution is 2.34. The maximum Gasteiger partial charge on any atom is 0.240 e. The number of para-hydroxylation sites is 1. The monoisotopic (exact) mass is 539 g/mol. The summed E-state index contributed by atoms with van der Waals surface area (Å²) in [4.78, 5) is 57.4. The maximum atomic E-state index is 12.4. The van der Waals surface area contributed by atoms with E-state index < -0.39 is 5.41 Å². The van der Waals surface area contributed by atoms with Crippen LogP contribution in [-0.2, 0) is 19.2 Å². The molecule has 3 fully saturated rings. The van der Waals surface area contributed by atoms with E-state index >= 15 is 0 Å². The lowest BCUT2D eigenvalue weighted by Gasteiger charge is -2.24. The Morgan fingerprint density at radius 3 is 1.82 bits per heavy atom. The van der Waals surface area contributed by atoms with Crippen LogP contribution in [0, 0.1) is 12.3 Å². The average molecular weight is 540 g/mol. The van der Waals surface area contributed by atoms with E-state index in [1.54, 1.807) is 25.1 Å². The Labute approximate surface area is 226 Å². The van der Waals surface area contributed by atoms with Gasteiger partial charge in [0.15, 0.2) is 0 Å². The molecule has 12 heteroatoms. The number of hydrogen-bond donors (Lipinski definition) is 3. The lowest BCUT2D eigenvalue weighted by atomic mass is 9.88. The second-order valence-corrected chi connectivity index (χ2v) is 9.56. The minimum absolute atomic E-state index is 0.00546. The van der Waals surface area contributed by atoms with Crippen LogP contribution in [-0.4, -0.2) is 113 Å². The van der Waals surface area contributed by atoms with Gasteiger partial charge in [0.25, 0.3) is 0 Å². The van der Waals surface area contributed by atoms with Crippen molar-refractivity contribution in [1.29, 1.82) is 0 Å². The van der Waals surface area contributed by atoms with E-state index in [0.717, 1.165) is 44.8 Å². The van der Waals surface area contributed by atoms with Crippen LogP contribution in [0.5, 0.6) is 0 Å². The molecule has 0 unspecified atom stereocenters.